The van der Waals surface area contributed by atoms with Crippen LogP contribution in [0.15, 0.2) is 42.6 Å². The van der Waals surface area contributed by atoms with Gasteiger partial charge in [-0.15, -0.1) is 0 Å². The van der Waals surface area contributed by atoms with E-state index >= 15 is 0 Å². The molecule has 1 saturated heterocycles. The third kappa shape index (κ3) is 3.80. The van der Waals surface area contributed by atoms with Crippen LogP contribution in [0.1, 0.15) is 0 Å². The predicted octanol–water partition coefficient (Wildman–Crippen LogP) is 2.72. The number of piperazine rings is 1. The van der Waals surface area contributed by atoms with E-state index in [1.54, 1.807) is 12.1 Å². The molecule has 22 heavy (non-hydrogen) atoms. The topological polar surface area (TPSA) is 51.6 Å². The predicted molar refractivity (Wildman–Crippen MR) is 87.3 cm³/mol. The van der Waals surface area contributed by atoms with Gasteiger partial charge < -0.3 is 14.7 Å². The van der Waals surface area contributed by atoms with Crippen molar-refractivity contribution in [1.29, 1.82) is 0 Å². The number of nitrogens with zero attached hydrogens (tertiary/aromatic N) is 3. The molecule has 1 fully saturated rings. The Bertz CT molecular complexity index is 600. The zero-order chi connectivity index (χ0) is 15.4. The molecule has 0 atom stereocenters. The molecule has 0 bridgehead atoms. The highest BCUT2D eigenvalue weighted by Crippen LogP contribution is 2.21. The number of benzene rings is 1. The first-order chi connectivity index (χ1) is 10.7. The largest absolute Gasteiger partial charge is 0.506 e. The van der Waals surface area contributed by atoms with Crippen LogP contribution in [0.25, 0.3) is 0 Å². The summed E-state index contributed by atoms with van der Waals surface area (Å²) in [4.78, 5) is 6.32. The van der Waals surface area contributed by atoms with Crippen molar-refractivity contribution in [1.82, 2.24) is 9.29 Å². The molecule has 2 heterocycles. The lowest BCUT2D eigenvalue weighted by Crippen LogP contribution is -2.43. The molecule has 0 amide bonds. The second-order valence-electron chi connectivity index (χ2n) is 4.99. The van der Waals surface area contributed by atoms with Gasteiger partial charge in [0.05, 0.1) is 6.20 Å². The summed E-state index contributed by atoms with van der Waals surface area (Å²) in [6, 6.07) is 9.95. The van der Waals surface area contributed by atoms with Crippen molar-refractivity contribution in [3.63, 3.8) is 0 Å². The van der Waals surface area contributed by atoms with Crippen LogP contribution in [0.3, 0.4) is 0 Å². The lowest BCUT2D eigenvalue weighted by molar-refractivity contribution is 0.430. The van der Waals surface area contributed by atoms with Gasteiger partial charge in [0.15, 0.2) is 0 Å². The zero-order valence-corrected chi connectivity index (χ0v) is 12.8. The molecular formula is C15H17FN4OS. The number of halogens is 1. The molecule has 5 nitrogen and oxygen atoms in total. The number of anilines is 2. The molecule has 2 N–H and O–H groups in total. The van der Waals surface area contributed by atoms with E-state index in [0.29, 0.717) is 5.82 Å². The Morgan fingerprint density at radius 3 is 2.41 bits per heavy atom. The number of aromatic nitrogens is 1. The van der Waals surface area contributed by atoms with E-state index in [-0.39, 0.29) is 11.6 Å². The lowest BCUT2D eigenvalue weighted by atomic mass is 10.2. The van der Waals surface area contributed by atoms with Crippen LogP contribution in [-0.4, -0.2) is 40.6 Å². The van der Waals surface area contributed by atoms with Gasteiger partial charge in [-0.1, -0.05) is 0 Å². The van der Waals surface area contributed by atoms with Crippen LogP contribution < -0.4 is 9.62 Å². The van der Waals surface area contributed by atoms with Crippen LogP contribution >= 0.6 is 12.1 Å². The first-order valence-electron chi connectivity index (χ1n) is 7.04. The number of aromatic hydroxyl groups is 1. The maximum atomic E-state index is 12.9. The SMILES string of the molecule is Oc1ccc(NSN2CCN(c3ccc(F)cc3)CC2)nc1. The van der Waals surface area contributed by atoms with E-state index in [4.69, 9.17) is 0 Å². The van der Waals surface area contributed by atoms with Crippen molar-refractivity contribution in [2.75, 3.05) is 35.8 Å². The Morgan fingerprint density at radius 1 is 1.05 bits per heavy atom. The molecule has 1 aromatic heterocycles. The monoisotopic (exact) mass is 320 g/mol. The minimum absolute atomic E-state index is 0.156. The van der Waals surface area contributed by atoms with Gasteiger partial charge in [-0.25, -0.2) is 13.7 Å². The van der Waals surface area contributed by atoms with Gasteiger partial charge in [-0.3, -0.25) is 0 Å². The van der Waals surface area contributed by atoms with Crippen molar-refractivity contribution in [3.8, 4) is 5.75 Å². The van der Waals surface area contributed by atoms with Gasteiger partial charge in [0, 0.05) is 44.0 Å². The highest BCUT2D eigenvalue weighted by Gasteiger charge is 2.17. The second kappa shape index (κ2) is 6.85. The Balaban J connectivity index is 1.47. The number of hydrogen-bond acceptors (Lipinski definition) is 6. The van der Waals surface area contributed by atoms with Crippen molar-refractivity contribution in [3.05, 3.63) is 48.4 Å². The third-order valence-corrected chi connectivity index (χ3v) is 4.38. The average Bonchev–Trinajstić information content (AvgIpc) is 2.56. The fraction of sp³-hybridized carbons (Fsp3) is 0.267. The van der Waals surface area contributed by atoms with E-state index in [0.717, 1.165) is 31.9 Å². The van der Waals surface area contributed by atoms with Gasteiger partial charge in [0.1, 0.15) is 17.4 Å². The van der Waals surface area contributed by atoms with Crippen LogP contribution in [0.2, 0.25) is 0 Å². The molecule has 0 spiro atoms. The van der Waals surface area contributed by atoms with Crippen molar-refractivity contribution < 1.29 is 9.50 Å². The lowest BCUT2D eigenvalue weighted by Gasteiger charge is -2.35. The fourth-order valence-electron chi connectivity index (χ4n) is 2.25. The van der Waals surface area contributed by atoms with Gasteiger partial charge in [0.25, 0.3) is 0 Å². The molecule has 7 heteroatoms. The summed E-state index contributed by atoms with van der Waals surface area (Å²) in [5, 5.41) is 9.19. The van der Waals surface area contributed by atoms with E-state index in [1.807, 2.05) is 12.1 Å². The van der Waals surface area contributed by atoms with E-state index in [1.165, 1.54) is 30.5 Å². The summed E-state index contributed by atoms with van der Waals surface area (Å²) in [5.74, 6) is 0.663. The number of nitrogens with one attached hydrogen (secondary N) is 1. The Hall–Kier alpha value is -1.99. The maximum Gasteiger partial charge on any atom is 0.137 e. The summed E-state index contributed by atoms with van der Waals surface area (Å²) in [7, 11) is 0. The molecule has 0 aliphatic carbocycles. The minimum atomic E-state index is -0.205. The molecule has 2 aromatic rings. The molecule has 1 aliphatic heterocycles. The average molecular weight is 320 g/mol. The first kappa shape index (κ1) is 14.9. The molecule has 0 unspecified atom stereocenters. The minimum Gasteiger partial charge on any atom is -0.506 e. The summed E-state index contributed by atoms with van der Waals surface area (Å²) in [6.07, 6.45) is 1.41. The van der Waals surface area contributed by atoms with E-state index in [2.05, 4.69) is 18.9 Å². The molecule has 1 aromatic carbocycles. The number of hydrogen-bond donors (Lipinski definition) is 2. The van der Waals surface area contributed by atoms with Crippen LogP contribution in [0, 0.1) is 5.82 Å². The normalized spacial score (nSPS) is 15.8. The van der Waals surface area contributed by atoms with Crippen molar-refractivity contribution in [2.24, 2.45) is 0 Å². The van der Waals surface area contributed by atoms with Gasteiger partial charge in [0.2, 0.25) is 0 Å². The quantitative estimate of drug-likeness (QED) is 0.845. The molecule has 0 saturated carbocycles. The van der Waals surface area contributed by atoms with Gasteiger partial charge in [-0.05, 0) is 36.4 Å². The summed E-state index contributed by atoms with van der Waals surface area (Å²) >= 11 is 1.51. The standard InChI is InChI=1S/C15H17FN4OS/c16-12-1-3-13(4-2-12)19-7-9-20(10-8-19)22-18-15-6-5-14(21)11-17-15/h1-6,11,21H,7-10H2,(H,17,18). The Kier molecular flexibility index (Phi) is 4.65. The summed E-state index contributed by atoms with van der Waals surface area (Å²) in [5.41, 5.74) is 1.05. The second-order valence-corrected chi connectivity index (χ2v) is 5.89. The fourth-order valence-corrected chi connectivity index (χ4v) is 2.94. The summed E-state index contributed by atoms with van der Waals surface area (Å²) < 4.78 is 18.3. The first-order valence-corrected chi connectivity index (χ1v) is 7.81. The highest BCUT2D eigenvalue weighted by molar-refractivity contribution is 7.98. The van der Waals surface area contributed by atoms with Gasteiger partial charge in [-0.2, -0.15) is 0 Å². The van der Waals surface area contributed by atoms with Crippen molar-refractivity contribution in [2.45, 2.75) is 0 Å². The molecule has 116 valence electrons. The van der Waals surface area contributed by atoms with E-state index in [9.17, 15) is 9.50 Å². The van der Waals surface area contributed by atoms with Crippen LogP contribution in [0.5, 0.6) is 5.75 Å². The molecular weight excluding hydrogens is 303 g/mol. The molecule has 1 aliphatic rings. The number of pyridine rings is 1. The molecule has 3 rings (SSSR count). The van der Waals surface area contributed by atoms with Crippen molar-refractivity contribution >= 4 is 23.6 Å². The zero-order valence-electron chi connectivity index (χ0n) is 11.9. The molecule has 0 radical (unpaired) electrons. The Morgan fingerprint density at radius 2 is 1.77 bits per heavy atom. The third-order valence-electron chi connectivity index (χ3n) is 3.46. The Labute approximate surface area is 133 Å². The smallest absolute Gasteiger partial charge is 0.137 e. The summed E-state index contributed by atoms with van der Waals surface area (Å²) in [6.45, 7) is 3.58. The van der Waals surface area contributed by atoms with Gasteiger partial charge >= 0.3 is 0 Å². The van der Waals surface area contributed by atoms with Crippen LogP contribution in [0.4, 0.5) is 15.9 Å². The van der Waals surface area contributed by atoms with E-state index < -0.39 is 0 Å². The van der Waals surface area contributed by atoms with Crippen LogP contribution in [-0.2, 0) is 0 Å². The number of rotatable bonds is 4. The highest BCUT2D eigenvalue weighted by atomic mass is 32.2. The maximum absolute atomic E-state index is 12.9.